The van der Waals surface area contributed by atoms with Gasteiger partial charge in [0, 0.05) is 23.5 Å². The number of nitrogens with two attached hydrogens (primary N) is 1. The molecular formula is C21H25N5O2. The lowest BCUT2D eigenvalue weighted by Crippen LogP contribution is -2.15. The number of primary amides is 1. The van der Waals surface area contributed by atoms with Crippen LogP contribution < -0.4 is 11.1 Å². The van der Waals surface area contributed by atoms with Crippen LogP contribution in [-0.2, 0) is 11.2 Å². The smallest absolute Gasteiger partial charge is 0.271 e. The molecule has 0 unspecified atom stereocenters. The molecule has 0 fully saturated rings. The predicted octanol–water partition coefficient (Wildman–Crippen LogP) is 3.14. The Kier molecular flexibility index (Phi) is 5.44. The number of hydrogen-bond donors (Lipinski definition) is 2. The molecule has 0 bridgehead atoms. The van der Waals surface area contributed by atoms with Crippen LogP contribution in [0.3, 0.4) is 0 Å². The van der Waals surface area contributed by atoms with Gasteiger partial charge in [0.05, 0.1) is 0 Å². The largest absolute Gasteiger partial charge is 0.364 e. The summed E-state index contributed by atoms with van der Waals surface area (Å²) in [5.74, 6) is -0.256. The minimum absolute atomic E-state index is 0.0525. The van der Waals surface area contributed by atoms with Gasteiger partial charge in [0.2, 0.25) is 5.91 Å². The number of carbonyl (C=O) groups excluding carboxylic acids is 2. The molecule has 0 atom stereocenters. The van der Waals surface area contributed by atoms with Gasteiger partial charge in [0.15, 0.2) is 11.3 Å². The molecule has 2 heterocycles. The van der Waals surface area contributed by atoms with Gasteiger partial charge in [-0.3, -0.25) is 14.0 Å². The second-order valence-corrected chi connectivity index (χ2v) is 7.24. The fraction of sp³-hybridized carbons (Fsp3) is 0.333. The number of imidazole rings is 1. The lowest BCUT2D eigenvalue weighted by atomic mass is 10.0. The summed E-state index contributed by atoms with van der Waals surface area (Å²) in [5, 5.41) is 2.96. The molecule has 0 spiro atoms. The molecule has 0 aliphatic carbocycles. The van der Waals surface area contributed by atoms with Crippen LogP contribution in [0, 0.1) is 13.8 Å². The summed E-state index contributed by atoms with van der Waals surface area (Å²) in [6, 6.07) is 7.90. The number of amides is 2. The van der Waals surface area contributed by atoms with E-state index in [2.05, 4.69) is 35.2 Å². The summed E-state index contributed by atoms with van der Waals surface area (Å²) in [5.41, 5.74) is 10.6. The topological polar surface area (TPSA) is 102 Å². The van der Waals surface area contributed by atoms with Crippen molar-refractivity contribution in [1.29, 1.82) is 0 Å². The fourth-order valence-corrected chi connectivity index (χ4v) is 3.30. The van der Waals surface area contributed by atoms with Crippen molar-refractivity contribution in [3.8, 4) is 0 Å². The summed E-state index contributed by atoms with van der Waals surface area (Å²) in [6.07, 6.45) is 2.41. The molecule has 0 radical (unpaired) electrons. The van der Waals surface area contributed by atoms with Gasteiger partial charge in [-0.1, -0.05) is 26.0 Å². The highest BCUT2D eigenvalue weighted by atomic mass is 16.2. The Labute approximate surface area is 164 Å². The van der Waals surface area contributed by atoms with E-state index in [0.717, 1.165) is 22.6 Å². The second kappa shape index (κ2) is 7.80. The van der Waals surface area contributed by atoms with Gasteiger partial charge in [-0.2, -0.15) is 0 Å². The molecule has 3 aromatic rings. The normalized spacial score (nSPS) is 11.2. The van der Waals surface area contributed by atoms with E-state index < -0.39 is 5.91 Å². The Balaban J connectivity index is 1.75. The third-order valence-electron chi connectivity index (χ3n) is 4.92. The molecule has 2 aromatic heterocycles. The van der Waals surface area contributed by atoms with Crippen molar-refractivity contribution in [3.05, 3.63) is 58.8 Å². The highest BCUT2D eigenvalue weighted by Crippen LogP contribution is 2.20. The Morgan fingerprint density at radius 3 is 2.68 bits per heavy atom. The van der Waals surface area contributed by atoms with Crippen LogP contribution in [0.25, 0.3) is 5.65 Å². The van der Waals surface area contributed by atoms with Crippen LogP contribution in [0.15, 0.2) is 30.6 Å². The second-order valence-electron chi connectivity index (χ2n) is 7.24. The van der Waals surface area contributed by atoms with Crippen LogP contribution in [0.1, 0.15) is 59.2 Å². The van der Waals surface area contributed by atoms with Gasteiger partial charge < -0.3 is 11.1 Å². The molecule has 0 aliphatic heterocycles. The first-order valence-corrected chi connectivity index (χ1v) is 9.30. The van der Waals surface area contributed by atoms with Gasteiger partial charge in [-0.15, -0.1) is 0 Å². The van der Waals surface area contributed by atoms with E-state index in [9.17, 15) is 9.59 Å². The molecule has 0 aliphatic rings. The molecule has 28 heavy (non-hydrogen) atoms. The van der Waals surface area contributed by atoms with Crippen molar-refractivity contribution in [2.75, 3.05) is 5.32 Å². The standard InChI is InChI=1S/C21H25N5O2/c1-12(2)15-6-5-7-16(10-15)25-18(27)9-8-17-13(3)24-21-19(20(22)28)23-11-26(21)14(17)4/h5-7,10-12H,8-9H2,1-4H3,(H2,22,28)(H,25,27). The quantitative estimate of drug-likeness (QED) is 0.687. The Bertz CT molecular complexity index is 1050. The Morgan fingerprint density at radius 2 is 2.00 bits per heavy atom. The molecule has 3 rings (SSSR count). The van der Waals surface area contributed by atoms with Crippen molar-refractivity contribution in [3.63, 3.8) is 0 Å². The summed E-state index contributed by atoms with van der Waals surface area (Å²) in [4.78, 5) is 32.5. The first-order valence-electron chi connectivity index (χ1n) is 9.30. The van der Waals surface area contributed by atoms with Gasteiger partial charge in [0.1, 0.15) is 6.33 Å². The zero-order valence-electron chi connectivity index (χ0n) is 16.6. The highest BCUT2D eigenvalue weighted by Gasteiger charge is 2.17. The van der Waals surface area contributed by atoms with Crippen LogP contribution >= 0.6 is 0 Å². The fourth-order valence-electron chi connectivity index (χ4n) is 3.30. The zero-order chi connectivity index (χ0) is 20.4. The maximum atomic E-state index is 12.4. The lowest BCUT2D eigenvalue weighted by Gasteiger charge is -2.12. The summed E-state index contributed by atoms with van der Waals surface area (Å²) >= 11 is 0. The number of carbonyl (C=O) groups is 2. The summed E-state index contributed by atoms with van der Waals surface area (Å²) < 4.78 is 1.74. The van der Waals surface area contributed by atoms with Crippen molar-refractivity contribution < 1.29 is 9.59 Å². The average Bonchev–Trinajstić information content (AvgIpc) is 3.05. The van der Waals surface area contributed by atoms with Gasteiger partial charge in [-0.25, -0.2) is 9.97 Å². The first-order chi connectivity index (χ1) is 13.3. The minimum atomic E-state index is -0.607. The van der Waals surface area contributed by atoms with E-state index in [-0.39, 0.29) is 11.6 Å². The Hall–Kier alpha value is -3.22. The van der Waals surface area contributed by atoms with E-state index in [0.29, 0.717) is 24.4 Å². The molecular weight excluding hydrogens is 354 g/mol. The first kappa shape index (κ1) is 19.5. The number of anilines is 1. The number of aromatic nitrogens is 3. The number of hydrogen-bond acceptors (Lipinski definition) is 4. The SMILES string of the molecule is Cc1nc2c(C(N)=O)ncn2c(C)c1CCC(=O)Nc1cccc(C(C)C)c1. The van der Waals surface area contributed by atoms with Gasteiger partial charge >= 0.3 is 0 Å². The van der Waals surface area contributed by atoms with E-state index in [1.165, 1.54) is 11.9 Å². The number of benzene rings is 1. The molecule has 3 N–H and O–H groups in total. The Morgan fingerprint density at radius 1 is 1.25 bits per heavy atom. The summed E-state index contributed by atoms with van der Waals surface area (Å²) in [7, 11) is 0. The van der Waals surface area contributed by atoms with E-state index in [4.69, 9.17) is 5.73 Å². The third-order valence-corrected chi connectivity index (χ3v) is 4.92. The van der Waals surface area contributed by atoms with Gasteiger partial charge in [-0.05, 0) is 49.4 Å². The zero-order valence-corrected chi connectivity index (χ0v) is 16.6. The molecule has 0 saturated heterocycles. The molecule has 7 heteroatoms. The number of nitrogens with one attached hydrogen (secondary N) is 1. The van der Waals surface area contributed by atoms with E-state index >= 15 is 0 Å². The van der Waals surface area contributed by atoms with E-state index in [1.54, 1.807) is 4.40 Å². The number of aryl methyl sites for hydroxylation is 2. The third kappa shape index (κ3) is 3.88. The van der Waals surface area contributed by atoms with E-state index in [1.807, 2.05) is 32.0 Å². The predicted molar refractivity (Wildman–Crippen MR) is 108 cm³/mol. The molecule has 7 nitrogen and oxygen atoms in total. The van der Waals surface area contributed by atoms with Crippen molar-refractivity contribution in [2.24, 2.45) is 5.73 Å². The highest BCUT2D eigenvalue weighted by molar-refractivity contribution is 5.96. The number of fused-ring (bicyclic) bond motifs is 1. The number of nitrogens with zero attached hydrogens (tertiary/aromatic N) is 3. The minimum Gasteiger partial charge on any atom is -0.364 e. The summed E-state index contributed by atoms with van der Waals surface area (Å²) in [6.45, 7) is 8.03. The number of rotatable bonds is 6. The van der Waals surface area contributed by atoms with Crippen LogP contribution in [0.2, 0.25) is 0 Å². The lowest BCUT2D eigenvalue weighted by molar-refractivity contribution is -0.116. The monoisotopic (exact) mass is 379 g/mol. The molecule has 0 saturated carbocycles. The molecule has 1 aromatic carbocycles. The van der Waals surface area contributed by atoms with Crippen molar-refractivity contribution in [2.45, 2.75) is 46.5 Å². The van der Waals surface area contributed by atoms with Crippen molar-refractivity contribution in [1.82, 2.24) is 14.4 Å². The van der Waals surface area contributed by atoms with Crippen LogP contribution in [-0.4, -0.2) is 26.2 Å². The average molecular weight is 379 g/mol. The maximum Gasteiger partial charge on any atom is 0.271 e. The molecule has 146 valence electrons. The maximum absolute atomic E-state index is 12.4. The molecule has 2 amide bonds. The van der Waals surface area contributed by atoms with Crippen molar-refractivity contribution >= 4 is 23.1 Å². The van der Waals surface area contributed by atoms with Crippen LogP contribution in [0.5, 0.6) is 0 Å². The van der Waals surface area contributed by atoms with Gasteiger partial charge in [0.25, 0.3) is 5.91 Å². The van der Waals surface area contributed by atoms with Crippen LogP contribution in [0.4, 0.5) is 5.69 Å².